The molecule has 0 saturated carbocycles. The third-order valence-electron chi connectivity index (χ3n) is 3.43. The maximum Gasteiger partial charge on any atom is 0.263 e. The molecule has 0 bridgehead atoms. The molecule has 10 heteroatoms. The molecular weight excluding hydrogens is 347 g/mol. The normalized spacial score (nSPS) is 12.5. The number of aromatic nitrogens is 4. The molecule has 0 saturated heterocycles. The lowest BCUT2D eigenvalue weighted by Crippen LogP contribution is -2.22. The highest BCUT2D eigenvalue weighted by molar-refractivity contribution is 7.92. The Hall–Kier alpha value is -2.75. The van der Waals surface area contributed by atoms with Gasteiger partial charge in [0.05, 0.1) is 17.6 Å². The van der Waals surface area contributed by atoms with Crippen molar-refractivity contribution in [1.29, 1.82) is 0 Å². The van der Waals surface area contributed by atoms with Crippen LogP contribution in [0.5, 0.6) is 0 Å². The largest absolute Gasteiger partial charge is 0.366 e. The molecule has 0 spiro atoms. The van der Waals surface area contributed by atoms with E-state index in [1.54, 1.807) is 0 Å². The molecule has 8 nitrogen and oxygen atoms in total. The molecular formula is C15H17FN6O2S. The minimum absolute atomic E-state index is 0.00128. The molecule has 0 aliphatic heterocycles. The van der Waals surface area contributed by atoms with Gasteiger partial charge in [0.25, 0.3) is 10.0 Å². The zero-order valence-electron chi connectivity index (χ0n) is 13.9. The van der Waals surface area contributed by atoms with E-state index in [0.717, 1.165) is 10.6 Å². The molecule has 3 aromatic rings. The summed E-state index contributed by atoms with van der Waals surface area (Å²) in [6.07, 6.45) is 2.83. The van der Waals surface area contributed by atoms with Crippen molar-refractivity contribution in [2.24, 2.45) is 0 Å². The fourth-order valence-corrected chi connectivity index (χ4v) is 3.80. The molecule has 3 rings (SSSR count). The van der Waals surface area contributed by atoms with Crippen LogP contribution in [0, 0.1) is 5.82 Å². The van der Waals surface area contributed by atoms with Gasteiger partial charge < -0.3 is 5.73 Å². The predicted octanol–water partition coefficient (Wildman–Crippen LogP) is 1.94. The molecule has 0 aromatic carbocycles. The number of fused-ring (bicyclic) bond motifs is 1. The number of nitrogens with two attached hydrogens (primary N) is 1. The molecule has 132 valence electrons. The quantitative estimate of drug-likeness (QED) is 0.734. The second-order valence-electron chi connectivity index (χ2n) is 6.52. The number of halogens is 1. The second kappa shape index (κ2) is 5.66. The standard InChI is InChI=1S/C15H17FN6O2S/c1-15(2,3)12-11(5-4-6-18-12)25(23,24)21-9-7-10(16)13-19-14(17)20-22(13)8-9/h4-8,21H,1-3H3,(H2,17,20). The summed E-state index contributed by atoms with van der Waals surface area (Å²) in [5.41, 5.74) is 5.28. The summed E-state index contributed by atoms with van der Waals surface area (Å²) in [6.45, 7) is 5.58. The van der Waals surface area contributed by atoms with Crippen molar-refractivity contribution >= 4 is 27.3 Å². The smallest absolute Gasteiger partial charge is 0.263 e. The lowest BCUT2D eigenvalue weighted by molar-refractivity contribution is 0.544. The Morgan fingerprint density at radius 3 is 2.72 bits per heavy atom. The van der Waals surface area contributed by atoms with Gasteiger partial charge in [-0.1, -0.05) is 20.8 Å². The molecule has 3 heterocycles. The topological polar surface area (TPSA) is 115 Å². The first kappa shape index (κ1) is 17.1. The van der Waals surface area contributed by atoms with Crippen LogP contribution in [-0.4, -0.2) is 28.0 Å². The van der Waals surface area contributed by atoms with Crippen molar-refractivity contribution in [2.45, 2.75) is 31.1 Å². The summed E-state index contributed by atoms with van der Waals surface area (Å²) in [6, 6.07) is 4.01. The number of hydrogen-bond acceptors (Lipinski definition) is 6. The van der Waals surface area contributed by atoms with Gasteiger partial charge in [-0.15, -0.1) is 5.10 Å². The van der Waals surface area contributed by atoms with E-state index in [2.05, 4.69) is 19.8 Å². The minimum Gasteiger partial charge on any atom is -0.366 e. The van der Waals surface area contributed by atoms with Crippen LogP contribution in [0.1, 0.15) is 26.5 Å². The van der Waals surface area contributed by atoms with Crippen molar-refractivity contribution in [3.63, 3.8) is 0 Å². The number of hydrogen-bond donors (Lipinski definition) is 2. The zero-order chi connectivity index (χ0) is 18.4. The van der Waals surface area contributed by atoms with E-state index in [9.17, 15) is 12.8 Å². The zero-order valence-corrected chi connectivity index (χ0v) is 14.7. The average Bonchev–Trinajstić information content (AvgIpc) is 2.87. The molecule has 3 aromatic heterocycles. The highest BCUT2D eigenvalue weighted by Gasteiger charge is 2.27. The summed E-state index contributed by atoms with van der Waals surface area (Å²) in [5.74, 6) is -0.854. The second-order valence-corrected chi connectivity index (χ2v) is 8.17. The van der Waals surface area contributed by atoms with Crippen molar-refractivity contribution in [2.75, 3.05) is 10.5 Å². The van der Waals surface area contributed by atoms with Crippen molar-refractivity contribution in [1.82, 2.24) is 19.6 Å². The molecule has 0 aliphatic carbocycles. The third-order valence-corrected chi connectivity index (χ3v) is 4.84. The van der Waals surface area contributed by atoms with Crippen LogP contribution < -0.4 is 10.5 Å². The van der Waals surface area contributed by atoms with Crippen LogP contribution >= 0.6 is 0 Å². The fourth-order valence-electron chi connectivity index (χ4n) is 2.40. The van der Waals surface area contributed by atoms with Gasteiger partial charge in [0, 0.05) is 17.7 Å². The average molecular weight is 364 g/mol. The number of rotatable bonds is 3. The number of nitrogens with zero attached hydrogens (tertiary/aromatic N) is 4. The van der Waals surface area contributed by atoms with Gasteiger partial charge in [-0.2, -0.15) is 4.98 Å². The maximum atomic E-state index is 14.1. The van der Waals surface area contributed by atoms with Crippen LogP contribution in [0.2, 0.25) is 0 Å². The lowest BCUT2D eigenvalue weighted by Gasteiger charge is -2.21. The lowest BCUT2D eigenvalue weighted by atomic mass is 9.92. The van der Waals surface area contributed by atoms with Crippen LogP contribution in [-0.2, 0) is 15.4 Å². The highest BCUT2D eigenvalue weighted by Crippen LogP contribution is 2.28. The Bertz CT molecular complexity index is 1060. The minimum atomic E-state index is -3.98. The molecule has 0 radical (unpaired) electrons. The van der Waals surface area contributed by atoms with Crippen molar-refractivity contribution in [3.05, 3.63) is 42.1 Å². The Morgan fingerprint density at radius 1 is 1.32 bits per heavy atom. The van der Waals surface area contributed by atoms with E-state index in [-0.39, 0.29) is 22.2 Å². The van der Waals surface area contributed by atoms with E-state index in [1.165, 1.54) is 24.5 Å². The van der Waals surface area contributed by atoms with Gasteiger partial charge in [-0.25, -0.2) is 17.3 Å². The predicted molar refractivity (Wildman–Crippen MR) is 91.1 cm³/mol. The van der Waals surface area contributed by atoms with E-state index >= 15 is 0 Å². The number of nitrogens with one attached hydrogen (secondary N) is 1. The molecule has 0 atom stereocenters. The SMILES string of the molecule is CC(C)(C)c1ncccc1S(=O)(=O)Nc1cc(F)c2nc(N)nn2c1. The van der Waals surface area contributed by atoms with Gasteiger partial charge in [-0.3, -0.25) is 9.71 Å². The summed E-state index contributed by atoms with van der Waals surface area (Å²) in [5, 5.41) is 3.79. The number of nitrogen functional groups attached to an aromatic ring is 1. The summed E-state index contributed by atoms with van der Waals surface area (Å²) >= 11 is 0. The van der Waals surface area contributed by atoms with Gasteiger partial charge in [0.2, 0.25) is 5.95 Å². The Balaban J connectivity index is 2.06. The molecule has 25 heavy (non-hydrogen) atoms. The van der Waals surface area contributed by atoms with E-state index < -0.39 is 21.3 Å². The molecule has 0 aliphatic rings. The molecule has 0 unspecified atom stereocenters. The van der Waals surface area contributed by atoms with E-state index in [0.29, 0.717) is 5.69 Å². The van der Waals surface area contributed by atoms with Crippen LogP contribution in [0.3, 0.4) is 0 Å². The maximum absolute atomic E-state index is 14.1. The summed E-state index contributed by atoms with van der Waals surface area (Å²) < 4.78 is 43.1. The summed E-state index contributed by atoms with van der Waals surface area (Å²) in [4.78, 5) is 7.94. The van der Waals surface area contributed by atoms with E-state index in [1.807, 2.05) is 20.8 Å². The molecule has 0 amide bonds. The first-order valence-corrected chi connectivity index (χ1v) is 8.86. The fraction of sp³-hybridized carbons (Fsp3) is 0.267. The number of sulfonamides is 1. The molecule has 0 fully saturated rings. The van der Waals surface area contributed by atoms with E-state index in [4.69, 9.17) is 5.73 Å². The Labute approximate surface area is 144 Å². The van der Waals surface area contributed by atoms with Crippen LogP contribution in [0.4, 0.5) is 16.0 Å². The van der Waals surface area contributed by atoms with Gasteiger partial charge in [0.1, 0.15) is 4.90 Å². The molecule has 3 N–H and O–H groups in total. The van der Waals surface area contributed by atoms with Gasteiger partial charge in [-0.05, 0) is 12.1 Å². The van der Waals surface area contributed by atoms with Gasteiger partial charge in [0.15, 0.2) is 11.5 Å². The van der Waals surface area contributed by atoms with Crippen LogP contribution in [0.25, 0.3) is 5.65 Å². The summed E-state index contributed by atoms with van der Waals surface area (Å²) in [7, 11) is -3.98. The Kier molecular flexibility index (Phi) is 3.87. The number of pyridine rings is 2. The first-order chi connectivity index (χ1) is 11.6. The number of anilines is 2. The first-order valence-electron chi connectivity index (χ1n) is 7.38. The van der Waals surface area contributed by atoms with Crippen molar-refractivity contribution < 1.29 is 12.8 Å². The monoisotopic (exact) mass is 364 g/mol. The van der Waals surface area contributed by atoms with Gasteiger partial charge >= 0.3 is 0 Å². The Morgan fingerprint density at radius 2 is 2.04 bits per heavy atom. The highest BCUT2D eigenvalue weighted by atomic mass is 32.2. The van der Waals surface area contributed by atoms with Crippen molar-refractivity contribution in [3.8, 4) is 0 Å². The third kappa shape index (κ3) is 3.25. The van der Waals surface area contributed by atoms with Crippen LogP contribution in [0.15, 0.2) is 35.5 Å².